The van der Waals surface area contributed by atoms with Crippen molar-refractivity contribution in [2.75, 3.05) is 36.5 Å². The number of aryl methyl sites for hydroxylation is 1. The van der Waals surface area contributed by atoms with E-state index in [-0.39, 0.29) is 17.7 Å². The van der Waals surface area contributed by atoms with E-state index in [0.29, 0.717) is 25.4 Å². The molecule has 1 aromatic heterocycles. The molecule has 8 heteroatoms. The van der Waals surface area contributed by atoms with Crippen LogP contribution in [0.4, 0.5) is 11.5 Å². The van der Waals surface area contributed by atoms with E-state index in [9.17, 15) is 9.59 Å². The number of anilines is 2. The normalized spacial score (nSPS) is 16.2. The molecular formula is C21H27N5O3. The first-order chi connectivity index (χ1) is 14.0. The van der Waals surface area contributed by atoms with Crippen LogP contribution in [0.5, 0.6) is 5.75 Å². The van der Waals surface area contributed by atoms with Crippen molar-refractivity contribution >= 4 is 23.3 Å². The number of hydrogen-bond donors (Lipinski definition) is 2. The number of benzene rings is 1. The second-order valence-electron chi connectivity index (χ2n) is 7.16. The van der Waals surface area contributed by atoms with Crippen LogP contribution in [-0.2, 0) is 9.59 Å². The third-order valence-corrected chi connectivity index (χ3v) is 4.77. The number of piperidine rings is 1. The first-order valence-corrected chi connectivity index (χ1v) is 9.85. The Bertz CT molecular complexity index is 823. The summed E-state index contributed by atoms with van der Waals surface area (Å²) in [5.74, 6) is 1.33. The second kappa shape index (κ2) is 9.86. The van der Waals surface area contributed by atoms with Gasteiger partial charge in [0.05, 0.1) is 18.2 Å². The van der Waals surface area contributed by atoms with E-state index in [4.69, 9.17) is 4.74 Å². The molecule has 1 aromatic carbocycles. The number of hydrogen-bond acceptors (Lipinski definition) is 6. The SMILES string of the molecule is CC(=O)NCCOc1ccc(NC(=O)C2CCCN(c3ccc(C)nn3)C2)cc1. The van der Waals surface area contributed by atoms with Crippen molar-refractivity contribution in [3.63, 3.8) is 0 Å². The zero-order valence-corrected chi connectivity index (χ0v) is 16.9. The van der Waals surface area contributed by atoms with Crippen LogP contribution in [0.1, 0.15) is 25.5 Å². The molecule has 0 radical (unpaired) electrons. The van der Waals surface area contributed by atoms with Gasteiger partial charge in [0.25, 0.3) is 0 Å². The van der Waals surface area contributed by atoms with E-state index in [1.165, 1.54) is 6.92 Å². The predicted molar refractivity (Wildman–Crippen MR) is 111 cm³/mol. The first-order valence-electron chi connectivity index (χ1n) is 9.85. The van der Waals surface area contributed by atoms with Gasteiger partial charge in [0.2, 0.25) is 11.8 Å². The van der Waals surface area contributed by atoms with Crippen molar-refractivity contribution in [3.8, 4) is 5.75 Å². The summed E-state index contributed by atoms with van der Waals surface area (Å²) < 4.78 is 5.56. The van der Waals surface area contributed by atoms with Gasteiger partial charge in [0.1, 0.15) is 12.4 Å². The number of nitrogens with one attached hydrogen (secondary N) is 2. The van der Waals surface area contributed by atoms with Gasteiger partial charge in [-0.3, -0.25) is 9.59 Å². The largest absolute Gasteiger partial charge is 0.492 e. The number of aromatic nitrogens is 2. The van der Waals surface area contributed by atoms with E-state index in [1.807, 2.05) is 31.2 Å². The van der Waals surface area contributed by atoms with Gasteiger partial charge in [-0.15, -0.1) is 5.10 Å². The van der Waals surface area contributed by atoms with Crippen LogP contribution in [-0.4, -0.2) is 48.3 Å². The Hall–Kier alpha value is -3.16. The standard InChI is InChI=1S/C21H27N5O3/c1-15-5-10-20(25-24-15)26-12-3-4-17(14-26)21(28)23-18-6-8-19(9-7-18)29-13-11-22-16(2)27/h5-10,17H,3-4,11-14H2,1-2H3,(H,22,27)(H,23,28). The molecule has 2 aromatic rings. The molecule has 1 fully saturated rings. The van der Waals surface area contributed by atoms with Crippen molar-refractivity contribution in [2.45, 2.75) is 26.7 Å². The molecular weight excluding hydrogens is 370 g/mol. The average Bonchev–Trinajstić information content (AvgIpc) is 2.73. The molecule has 0 saturated carbocycles. The van der Waals surface area contributed by atoms with E-state index >= 15 is 0 Å². The van der Waals surface area contributed by atoms with Crippen LogP contribution in [0.2, 0.25) is 0 Å². The maximum Gasteiger partial charge on any atom is 0.229 e. The number of carbonyl (C=O) groups excluding carboxylic acids is 2. The molecule has 1 aliphatic rings. The molecule has 29 heavy (non-hydrogen) atoms. The highest BCUT2D eigenvalue weighted by Gasteiger charge is 2.26. The molecule has 8 nitrogen and oxygen atoms in total. The summed E-state index contributed by atoms with van der Waals surface area (Å²) in [7, 11) is 0. The summed E-state index contributed by atoms with van der Waals surface area (Å²) in [5, 5.41) is 14.0. The van der Waals surface area contributed by atoms with Crippen LogP contribution in [0, 0.1) is 12.8 Å². The van der Waals surface area contributed by atoms with Gasteiger partial charge in [-0.2, -0.15) is 5.10 Å². The third-order valence-electron chi connectivity index (χ3n) is 4.77. The van der Waals surface area contributed by atoms with Crippen molar-refractivity contribution in [1.82, 2.24) is 15.5 Å². The molecule has 3 rings (SSSR count). The lowest BCUT2D eigenvalue weighted by atomic mass is 9.97. The fourth-order valence-electron chi connectivity index (χ4n) is 3.23. The Morgan fingerprint density at radius 1 is 1.17 bits per heavy atom. The number of rotatable bonds is 7. The molecule has 0 bridgehead atoms. The molecule has 2 amide bonds. The highest BCUT2D eigenvalue weighted by Crippen LogP contribution is 2.23. The average molecular weight is 397 g/mol. The number of nitrogens with zero attached hydrogens (tertiary/aromatic N) is 3. The summed E-state index contributed by atoms with van der Waals surface area (Å²) in [4.78, 5) is 25.7. The number of amides is 2. The third kappa shape index (κ3) is 6.17. The Labute approximate surface area is 170 Å². The van der Waals surface area contributed by atoms with Crippen molar-refractivity contribution in [3.05, 3.63) is 42.1 Å². The molecule has 1 saturated heterocycles. The topological polar surface area (TPSA) is 96.5 Å². The Morgan fingerprint density at radius 2 is 1.97 bits per heavy atom. The summed E-state index contributed by atoms with van der Waals surface area (Å²) >= 11 is 0. The van der Waals surface area contributed by atoms with Crippen LogP contribution in [0.25, 0.3) is 0 Å². The Morgan fingerprint density at radius 3 is 2.66 bits per heavy atom. The van der Waals surface area contributed by atoms with E-state index in [0.717, 1.165) is 36.6 Å². The Balaban J connectivity index is 1.50. The summed E-state index contributed by atoms with van der Waals surface area (Å²) in [6.07, 6.45) is 1.79. The molecule has 154 valence electrons. The maximum absolute atomic E-state index is 12.7. The molecule has 1 unspecified atom stereocenters. The summed E-state index contributed by atoms with van der Waals surface area (Å²) in [6.45, 7) is 5.74. The lowest BCUT2D eigenvalue weighted by Gasteiger charge is -2.32. The zero-order chi connectivity index (χ0) is 20.6. The fraction of sp³-hybridized carbons (Fsp3) is 0.429. The zero-order valence-electron chi connectivity index (χ0n) is 16.9. The van der Waals surface area contributed by atoms with Crippen LogP contribution < -0.4 is 20.3 Å². The first kappa shape index (κ1) is 20.6. The van der Waals surface area contributed by atoms with Crippen LogP contribution in [0.3, 0.4) is 0 Å². The van der Waals surface area contributed by atoms with Crippen molar-refractivity contribution in [2.24, 2.45) is 5.92 Å². The fourth-order valence-corrected chi connectivity index (χ4v) is 3.23. The quantitative estimate of drug-likeness (QED) is 0.695. The van der Waals surface area contributed by atoms with E-state index in [2.05, 4.69) is 25.7 Å². The highest BCUT2D eigenvalue weighted by molar-refractivity contribution is 5.93. The molecule has 2 heterocycles. The molecule has 1 atom stereocenters. The minimum absolute atomic E-state index is 0.00842. The number of ether oxygens (including phenoxy) is 1. The van der Waals surface area contributed by atoms with Gasteiger partial charge in [-0.05, 0) is 56.2 Å². The van der Waals surface area contributed by atoms with Gasteiger partial charge in [-0.25, -0.2) is 0 Å². The number of carbonyl (C=O) groups is 2. The Kier molecular flexibility index (Phi) is 6.99. The monoisotopic (exact) mass is 397 g/mol. The predicted octanol–water partition coefficient (Wildman–Crippen LogP) is 2.16. The van der Waals surface area contributed by atoms with Gasteiger partial charge in [0.15, 0.2) is 5.82 Å². The lowest BCUT2D eigenvalue weighted by molar-refractivity contribution is -0.120. The van der Waals surface area contributed by atoms with Gasteiger partial charge in [-0.1, -0.05) is 0 Å². The van der Waals surface area contributed by atoms with Gasteiger partial charge < -0.3 is 20.3 Å². The molecule has 0 spiro atoms. The summed E-state index contributed by atoms with van der Waals surface area (Å²) in [5.41, 5.74) is 1.61. The second-order valence-corrected chi connectivity index (χ2v) is 7.16. The van der Waals surface area contributed by atoms with Gasteiger partial charge in [0, 0.05) is 25.7 Å². The van der Waals surface area contributed by atoms with Gasteiger partial charge >= 0.3 is 0 Å². The summed E-state index contributed by atoms with van der Waals surface area (Å²) in [6, 6.07) is 11.1. The molecule has 0 aliphatic carbocycles. The van der Waals surface area contributed by atoms with Crippen molar-refractivity contribution < 1.29 is 14.3 Å². The minimum Gasteiger partial charge on any atom is -0.492 e. The lowest BCUT2D eigenvalue weighted by Crippen LogP contribution is -2.41. The highest BCUT2D eigenvalue weighted by atomic mass is 16.5. The molecule has 2 N–H and O–H groups in total. The van der Waals surface area contributed by atoms with Crippen LogP contribution in [0.15, 0.2) is 36.4 Å². The minimum atomic E-state index is -0.0968. The van der Waals surface area contributed by atoms with E-state index in [1.54, 1.807) is 12.1 Å². The van der Waals surface area contributed by atoms with E-state index < -0.39 is 0 Å². The smallest absolute Gasteiger partial charge is 0.229 e. The molecule has 1 aliphatic heterocycles. The maximum atomic E-state index is 12.7. The van der Waals surface area contributed by atoms with Crippen molar-refractivity contribution in [1.29, 1.82) is 0 Å². The van der Waals surface area contributed by atoms with Crippen LogP contribution >= 0.6 is 0 Å².